The maximum absolute atomic E-state index is 13.9. The molecule has 0 saturated heterocycles. The van der Waals surface area contributed by atoms with Crippen LogP contribution in [0.4, 0.5) is 0 Å². The Bertz CT molecular complexity index is 1650. The molecule has 0 radical (unpaired) electrons. The van der Waals surface area contributed by atoms with Gasteiger partial charge in [0, 0.05) is 22.5 Å². The average Bonchev–Trinajstić information content (AvgIpc) is 3.71. The van der Waals surface area contributed by atoms with Crippen molar-refractivity contribution in [1.29, 1.82) is 0 Å². The molecule has 1 aliphatic carbocycles. The first-order chi connectivity index (χ1) is 19.0. The lowest BCUT2D eigenvalue weighted by atomic mass is 9.98. The lowest BCUT2D eigenvalue weighted by Gasteiger charge is -2.31. The van der Waals surface area contributed by atoms with Crippen molar-refractivity contribution in [2.24, 2.45) is 0 Å². The molecular formula is C30H31ClN6O2. The first-order valence-corrected chi connectivity index (χ1v) is 13.8. The van der Waals surface area contributed by atoms with E-state index in [0.29, 0.717) is 29.5 Å². The zero-order valence-electron chi connectivity index (χ0n) is 22.1. The summed E-state index contributed by atoms with van der Waals surface area (Å²) in [4.78, 5) is 19.2. The van der Waals surface area contributed by atoms with E-state index in [1.807, 2.05) is 60.1 Å². The van der Waals surface area contributed by atoms with Crippen LogP contribution in [0.3, 0.4) is 0 Å². The first kappa shape index (κ1) is 25.5. The van der Waals surface area contributed by atoms with Crippen molar-refractivity contribution >= 4 is 22.5 Å². The van der Waals surface area contributed by atoms with Gasteiger partial charge in [-0.3, -0.25) is 9.69 Å². The number of aromatic nitrogens is 5. The van der Waals surface area contributed by atoms with Crippen molar-refractivity contribution in [3.8, 4) is 0 Å². The first-order valence-electron chi connectivity index (χ1n) is 13.4. The summed E-state index contributed by atoms with van der Waals surface area (Å²) in [6.45, 7) is 4.97. The number of tetrazole rings is 1. The van der Waals surface area contributed by atoms with Crippen molar-refractivity contribution < 1.29 is 4.42 Å². The maximum atomic E-state index is 13.9. The van der Waals surface area contributed by atoms with Crippen LogP contribution in [0.2, 0.25) is 5.02 Å². The molecule has 39 heavy (non-hydrogen) atoms. The Hall–Kier alpha value is -3.75. The van der Waals surface area contributed by atoms with Gasteiger partial charge in [-0.2, -0.15) is 0 Å². The second kappa shape index (κ2) is 10.8. The average molecular weight is 543 g/mol. The fourth-order valence-corrected chi connectivity index (χ4v) is 5.97. The monoisotopic (exact) mass is 542 g/mol. The number of fused-ring (bicyclic) bond motifs is 1. The van der Waals surface area contributed by atoms with Gasteiger partial charge >= 0.3 is 0 Å². The molecular weight excluding hydrogens is 512 g/mol. The number of halogens is 1. The molecule has 1 saturated carbocycles. The summed E-state index contributed by atoms with van der Waals surface area (Å²) in [5.41, 5.74) is 4.33. The van der Waals surface area contributed by atoms with Crippen LogP contribution in [-0.2, 0) is 13.1 Å². The van der Waals surface area contributed by atoms with Crippen molar-refractivity contribution in [2.75, 3.05) is 0 Å². The smallest absolute Gasteiger partial charge is 0.253 e. The molecule has 1 N–H and O–H groups in total. The summed E-state index contributed by atoms with van der Waals surface area (Å²) >= 11 is 6.64. The van der Waals surface area contributed by atoms with Crippen LogP contribution in [0.15, 0.2) is 70.1 Å². The molecule has 3 heterocycles. The maximum Gasteiger partial charge on any atom is 0.253 e. The van der Waals surface area contributed by atoms with Gasteiger partial charge in [0.1, 0.15) is 11.8 Å². The van der Waals surface area contributed by atoms with Gasteiger partial charge in [0.15, 0.2) is 5.82 Å². The van der Waals surface area contributed by atoms with E-state index in [0.717, 1.165) is 59.0 Å². The predicted molar refractivity (Wildman–Crippen MR) is 151 cm³/mol. The molecule has 0 amide bonds. The topological polar surface area (TPSA) is 92.8 Å². The highest BCUT2D eigenvalue weighted by Gasteiger charge is 2.34. The lowest BCUT2D eigenvalue weighted by Crippen LogP contribution is -2.35. The van der Waals surface area contributed by atoms with Crippen LogP contribution in [0.5, 0.6) is 0 Å². The van der Waals surface area contributed by atoms with E-state index in [1.54, 1.807) is 6.26 Å². The molecule has 3 aromatic heterocycles. The third-order valence-electron chi connectivity index (χ3n) is 7.84. The van der Waals surface area contributed by atoms with E-state index >= 15 is 0 Å². The zero-order valence-corrected chi connectivity index (χ0v) is 22.9. The third-order valence-corrected chi connectivity index (χ3v) is 8.20. The number of hydrogen-bond donors (Lipinski definition) is 1. The predicted octanol–water partition coefficient (Wildman–Crippen LogP) is 6.28. The fourth-order valence-electron chi connectivity index (χ4n) is 5.77. The molecule has 1 fully saturated rings. The van der Waals surface area contributed by atoms with Crippen LogP contribution in [-0.4, -0.2) is 30.1 Å². The molecule has 0 aliphatic heterocycles. The van der Waals surface area contributed by atoms with Crippen molar-refractivity contribution in [3.05, 3.63) is 110 Å². The summed E-state index contributed by atoms with van der Waals surface area (Å²) in [5, 5.41) is 14.8. The van der Waals surface area contributed by atoms with E-state index in [1.165, 1.54) is 0 Å². The second-order valence-electron chi connectivity index (χ2n) is 10.4. The zero-order chi connectivity index (χ0) is 26.9. The highest BCUT2D eigenvalue weighted by atomic mass is 35.5. The highest BCUT2D eigenvalue weighted by molar-refractivity contribution is 6.31. The third kappa shape index (κ3) is 5.02. The summed E-state index contributed by atoms with van der Waals surface area (Å²) in [6, 6.07) is 17.4. The van der Waals surface area contributed by atoms with Gasteiger partial charge in [0.25, 0.3) is 5.56 Å². The Morgan fingerprint density at radius 3 is 2.64 bits per heavy atom. The number of nitrogens with one attached hydrogen (secondary N) is 1. The van der Waals surface area contributed by atoms with Crippen LogP contribution in [0, 0.1) is 13.8 Å². The molecule has 1 aliphatic rings. The van der Waals surface area contributed by atoms with Gasteiger partial charge < -0.3 is 9.40 Å². The molecule has 0 spiro atoms. The van der Waals surface area contributed by atoms with Crippen molar-refractivity contribution in [2.45, 2.75) is 64.7 Å². The van der Waals surface area contributed by atoms with E-state index in [-0.39, 0.29) is 11.6 Å². The Morgan fingerprint density at radius 2 is 1.87 bits per heavy atom. The normalized spacial score (nSPS) is 15.0. The Kier molecular flexibility index (Phi) is 7.06. The number of aromatic amines is 1. The molecule has 200 valence electrons. The van der Waals surface area contributed by atoms with Crippen molar-refractivity contribution in [1.82, 2.24) is 30.1 Å². The second-order valence-corrected chi connectivity index (χ2v) is 10.8. The summed E-state index contributed by atoms with van der Waals surface area (Å²) in [7, 11) is 0. The molecule has 6 rings (SSSR count). The van der Waals surface area contributed by atoms with E-state index in [4.69, 9.17) is 16.0 Å². The van der Waals surface area contributed by atoms with E-state index in [9.17, 15) is 4.79 Å². The molecule has 9 heteroatoms. The fraction of sp³-hybridized carbons (Fsp3) is 0.333. The summed E-state index contributed by atoms with van der Waals surface area (Å²) in [6.07, 6.45) is 5.97. The largest absolute Gasteiger partial charge is 0.468 e. The standard InChI is InChI=1S/C30H31ClN6O2/c1-19-13-14-20(2)27-24(19)16-25(30(38)32-27)28(29-33-34-35-37(29)22-9-4-5-10-22)36(18-23-11-7-15-39-23)17-21-8-3-6-12-26(21)31/h3,6-8,11-16,22,28H,4-5,9-10,17-18H2,1-2H3,(H,32,38)/t28-/m0/s1. The van der Waals surface area contributed by atoms with Crippen LogP contribution in [0.25, 0.3) is 10.9 Å². The highest BCUT2D eigenvalue weighted by Crippen LogP contribution is 2.36. The van der Waals surface area contributed by atoms with Gasteiger partial charge in [-0.05, 0) is 78.1 Å². The Morgan fingerprint density at radius 1 is 1.08 bits per heavy atom. The van der Waals surface area contributed by atoms with Crippen molar-refractivity contribution in [3.63, 3.8) is 0 Å². The van der Waals surface area contributed by atoms with Gasteiger partial charge in [-0.1, -0.05) is 54.8 Å². The number of pyridine rings is 1. The van der Waals surface area contributed by atoms with Crippen LogP contribution >= 0.6 is 11.6 Å². The Balaban J connectivity index is 1.57. The molecule has 1 atom stereocenters. The quantitative estimate of drug-likeness (QED) is 0.248. The lowest BCUT2D eigenvalue weighted by molar-refractivity contribution is 0.176. The number of H-pyrrole nitrogens is 1. The number of hydrogen-bond acceptors (Lipinski definition) is 6. The Labute approximate surface area is 231 Å². The number of furan rings is 1. The number of aryl methyl sites for hydroxylation is 2. The minimum absolute atomic E-state index is 0.161. The molecule has 8 nitrogen and oxygen atoms in total. The minimum Gasteiger partial charge on any atom is -0.468 e. The number of rotatable bonds is 8. The summed E-state index contributed by atoms with van der Waals surface area (Å²) in [5.74, 6) is 1.42. The summed E-state index contributed by atoms with van der Waals surface area (Å²) < 4.78 is 7.72. The molecule has 2 aromatic carbocycles. The number of nitrogens with zero attached hydrogens (tertiary/aromatic N) is 5. The van der Waals surface area contributed by atoms with Gasteiger partial charge in [-0.15, -0.1) is 5.10 Å². The molecule has 5 aromatic rings. The van der Waals surface area contributed by atoms with E-state index in [2.05, 4.69) is 38.4 Å². The van der Waals surface area contributed by atoms with Gasteiger partial charge in [-0.25, -0.2) is 4.68 Å². The van der Waals surface area contributed by atoms with Gasteiger partial charge in [0.2, 0.25) is 0 Å². The molecule has 0 unspecified atom stereocenters. The van der Waals surface area contributed by atoms with E-state index < -0.39 is 6.04 Å². The van der Waals surface area contributed by atoms with Crippen LogP contribution < -0.4 is 5.56 Å². The minimum atomic E-state index is -0.546. The van der Waals surface area contributed by atoms with Crippen LogP contribution in [0.1, 0.15) is 71.6 Å². The SMILES string of the molecule is Cc1ccc(C)c2[nH]c(=O)c([C@@H](c3nnnn3C3CCCC3)N(Cc3ccco3)Cc3ccccc3Cl)cc12. The van der Waals surface area contributed by atoms with Gasteiger partial charge in [0.05, 0.1) is 24.4 Å². The molecule has 0 bridgehead atoms. The number of benzene rings is 2.